The zero-order valence-corrected chi connectivity index (χ0v) is 16.5. The lowest BCUT2D eigenvalue weighted by molar-refractivity contribution is 0.0962. The van der Waals surface area contributed by atoms with Gasteiger partial charge in [0.1, 0.15) is 24.2 Å². The quantitative estimate of drug-likeness (QED) is 0.674. The van der Waals surface area contributed by atoms with Crippen LogP contribution in [0, 0.1) is 11.3 Å². The average molecular weight is 430 g/mol. The Labute approximate surface area is 166 Å². The molecule has 7 nitrogen and oxygen atoms in total. The predicted octanol–water partition coefficient (Wildman–Crippen LogP) is 2.57. The molecule has 0 bridgehead atoms. The normalized spacial score (nSPS) is 20.4. The molecule has 8 heteroatoms. The molecule has 2 rings (SSSR count). The van der Waals surface area contributed by atoms with Crippen LogP contribution in [0.4, 0.5) is 0 Å². The number of aromatic nitrogens is 1. The lowest BCUT2D eigenvalue weighted by Crippen LogP contribution is -2.39. The second-order valence-corrected chi connectivity index (χ2v) is 7.10. The summed E-state index contributed by atoms with van der Waals surface area (Å²) in [5.74, 6) is 0.0914. The maximum atomic E-state index is 12.3. The molecule has 140 valence electrons. The Kier molecular flexibility index (Phi) is 7.05. The van der Waals surface area contributed by atoms with Crippen molar-refractivity contribution in [2.75, 3.05) is 13.2 Å². The SMILES string of the molecule is C=C/C(=C\C(Br)=C/C[C@]1(C)COCC(N)=N1)NC(=O)c1ccc(C#N)cn1. The van der Waals surface area contributed by atoms with Gasteiger partial charge in [0, 0.05) is 16.4 Å². The van der Waals surface area contributed by atoms with Crippen molar-refractivity contribution >= 4 is 27.7 Å². The third-order valence-corrected chi connectivity index (χ3v) is 4.26. The van der Waals surface area contributed by atoms with Crippen molar-refractivity contribution in [1.82, 2.24) is 10.3 Å². The number of nitrogens with two attached hydrogens (primary N) is 1. The molecule has 0 saturated heterocycles. The average Bonchev–Trinajstić information content (AvgIpc) is 2.65. The van der Waals surface area contributed by atoms with Gasteiger partial charge in [-0.15, -0.1) is 0 Å². The lowest BCUT2D eigenvalue weighted by atomic mass is 9.98. The van der Waals surface area contributed by atoms with Crippen LogP contribution in [0.2, 0.25) is 0 Å². The number of hydrogen-bond donors (Lipinski definition) is 2. The number of nitrogens with one attached hydrogen (secondary N) is 1. The van der Waals surface area contributed by atoms with Gasteiger partial charge in [0.25, 0.3) is 5.91 Å². The highest BCUT2D eigenvalue weighted by atomic mass is 79.9. The smallest absolute Gasteiger partial charge is 0.274 e. The fraction of sp³-hybridized carbons (Fsp3) is 0.263. The number of ether oxygens (including phenoxy) is 1. The molecular weight excluding hydrogens is 410 g/mol. The van der Waals surface area contributed by atoms with E-state index in [0.29, 0.717) is 36.7 Å². The topological polar surface area (TPSA) is 113 Å². The van der Waals surface area contributed by atoms with Gasteiger partial charge in [0.15, 0.2) is 0 Å². The molecule has 0 radical (unpaired) electrons. The number of amides is 1. The highest BCUT2D eigenvalue weighted by molar-refractivity contribution is 9.11. The summed E-state index contributed by atoms with van der Waals surface area (Å²) >= 11 is 3.46. The van der Waals surface area contributed by atoms with Crippen LogP contribution < -0.4 is 11.1 Å². The van der Waals surface area contributed by atoms with Gasteiger partial charge < -0.3 is 15.8 Å². The summed E-state index contributed by atoms with van der Waals surface area (Å²) in [6, 6.07) is 4.98. The summed E-state index contributed by atoms with van der Waals surface area (Å²) < 4.78 is 6.19. The van der Waals surface area contributed by atoms with Crippen LogP contribution in [0.25, 0.3) is 0 Å². The number of pyridine rings is 1. The number of halogens is 1. The maximum Gasteiger partial charge on any atom is 0.274 e. The van der Waals surface area contributed by atoms with Crippen molar-refractivity contribution in [3.8, 4) is 6.07 Å². The number of nitriles is 1. The van der Waals surface area contributed by atoms with E-state index in [9.17, 15) is 4.79 Å². The van der Waals surface area contributed by atoms with Crippen molar-refractivity contribution in [1.29, 1.82) is 5.26 Å². The minimum Gasteiger partial charge on any atom is -0.386 e. The number of allylic oxidation sites excluding steroid dienone is 3. The van der Waals surface area contributed by atoms with Crippen LogP contribution in [0.1, 0.15) is 29.4 Å². The highest BCUT2D eigenvalue weighted by Crippen LogP contribution is 2.22. The molecule has 0 saturated carbocycles. The molecule has 1 atom stereocenters. The highest BCUT2D eigenvalue weighted by Gasteiger charge is 2.26. The molecule has 0 fully saturated rings. The minimum atomic E-state index is -0.417. The summed E-state index contributed by atoms with van der Waals surface area (Å²) in [5, 5.41) is 11.5. The number of hydrogen-bond acceptors (Lipinski definition) is 6. The van der Waals surface area contributed by atoms with Crippen LogP contribution in [-0.4, -0.2) is 35.5 Å². The molecule has 0 spiro atoms. The molecule has 0 aromatic carbocycles. The lowest BCUT2D eigenvalue weighted by Gasteiger charge is -2.28. The molecule has 1 aromatic heterocycles. The van der Waals surface area contributed by atoms with Crippen molar-refractivity contribution in [3.05, 3.63) is 64.6 Å². The van der Waals surface area contributed by atoms with E-state index in [0.717, 1.165) is 4.48 Å². The van der Waals surface area contributed by atoms with E-state index in [-0.39, 0.29) is 5.69 Å². The van der Waals surface area contributed by atoms with Crippen LogP contribution in [0.15, 0.2) is 58.3 Å². The van der Waals surface area contributed by atoms with Crippen molar-refractivity contribution in [3.63, 3.8) is 0 Å². The molecule has 1 aromatic rings. The number of carbonyl (C=O) groups is 1. The van der Waals surface area contributed by atoms with Crippen molar-refractivity contribution < 1.29 is 9.53 Å². The monoisotopic (exact) mass is 429 g/mol. The summed E-state index contributed by atoms with van der Waals surface area (Å²) in [5.41, 5.74) is 6.42. The van der Waals surface area contributed by atoms with Gasteiger partial charge >= 0.3 is 0 Å². The summed E-state index contributed by atoms with van der Waals surface area (Å²) in [6.07, 6.45) is 7.15. The third kappa shape index (κ3) is 6.16. The van der Waals surface area contributed by atoms with E-state index in [2.05, 4.69) is 37.8 Å². The predicted molar refractivity (Wildman–Crippen MR) is 107 cm³/mol. The molecule has 0 aliphatic carbocycles. The van der Waals surface area contributed by atoms with Gasteiger partial charge in [0.05, 0.1) is 17.7 Å². The molecule has 1 amide bonds. The summed E-state index contributed by atoms with van der Waals surface area (Å²) in [4.78, 5) is 20.7. The number of amidine groups is 1. The molecule has 1 aliphatic heterocycles. The zero-order valence-electron chi connectivity index (χ0n) is 14.9. The number of nitrogens with zero attached hydrogens (tertiary/aromatic N) is 3. The minimum absolute atomic E-state index is 0.207. The first kappa shape index (κ1) is 20.6. The first-order chi connectivity index (χ1) is 12.8. The Bertz CT molecular complexity index is 852. The van der Waals surface area contributed by atoms with Crippen molar-refractivity contribution in [2.24, 2.45) is 10.7 Å². The van der Waals surface area contributed by atoms with Crippen LogP contribution in [-0.2, 0) is 4.74 Å². The largest absolute Gasteiger partial charge is 0.386 e. The Morgan fingerprint density at radius 1 is 1.59 bits per heavy atom. The Balaban J connectivity index is 2.05. The fourth-order valence-corrected chi connectivity index (χ4v) is 2.76. The van der Waals surface area contributed by atoms with Gasteiger partial charge in [-0.3, -0.25) is 9.79 Å². The van der Waals surface area contributed by atoms with E-state index in [4.69, 9.17) is 15.7 Å². The van der Waals surface area contributed by atoms with E-state index in [1.165, 1.54) is 24.4 Å². The van der Waals surface area contributed by atoms with Gasteiger partial charge in [-0.05, 0) is 37.6 Å². The first-order valence-corrected chi connectivity index (χ1v) is 8.94. The Morgan fingerprint density at radius 3 is 2.96 bits per heavy atom. The molecule has 0 unspecified atom stereocenters. The first-order valence-electron chi connectivity index (χ1n) is 8.14. The Morgan fingerprint density at radius 2 is 2.37 bits per heavy atom. The molecule has 3 N–H and O–H groups in total. The summed E-state index contributed by atoms with van der Waals surface area (Å²) in [7, 11) is 0. The van der Waals surface area contributed by atoms with E-state index in [1.54, 1.807) is 6.08 Å². The van der Waals surface area contributed by atoms with Crippen LogP contribution in [0.3, 0.4) is 0 Å². The second kappa shape index (κ2) is 9.26. The fourth-order valence-electron chi connectivity index (χ4n) is 2.35. The van der Waals surface area contributed by atoms with E-state index < -0.39 is 11.4 Å². The van der Waals surface area contributed by atoms with Gasteiger partial charge in [-0.1, -0.05) is 28.6 Å². The summed E-state index contributed by atoms with van der Waals surface area (Å²) in [6.45, 7) is 6.52. The van der Waals surface area contributed by atoms with E-state index in [1.807, 2.05) is 19.1 Å². The second-order valence-electron chi connectivity index (χ2n) is 6.19. The molecule has 2 heterocycles. The molecule has 27 heavy (non-hydrogen) atoms. The number of rotatable bonds is 6. The number of aliphatic imine (C=N–C) groups is 1. The van der Waals surface area contributed by atoms with Crippen molar-refractivity contribution in [2.45, 2.75) is 18.9 Å². The zero-order chi connectivity index (χ0) is 19.9. The van der Waals surface area contributed by atoms with Gasteiger partial charge in [0.2, 0.25) is 0 Å². The maximum absolute atomic E-state index is 12.3. The van der Waals surface area contributed by atoms with Gasteiger partial charge in [-0.2, -0.15) is 5.26 Å². The van der Waals surface area contributed by atoms with Gasteiger partial charge in [-0.25, -0.2) is 4.98 Å². The standard InChI is InChI=1S/C19H20BrN5O2/c1-3-15(24-18(26)16-5-4-13(9-21)10-23-16)8-14(20)6-7-19(2)12-27-11-17(22)25-19/h3-6,8,10H,1,7,11-12H2,2H3,(H2,22,25)(H,24,26)/b14-6+,15-8+/t19-/m1/s1. The third-order valence-electron chi connectivity index (χ3n) is 3.71. The van der Waals surface area contributed by atoms with E-state index >= 15 is 0 Å². The molecular formula is C19H20BrN5O2. The Hall–Kier alpha value is -2.76. The van der Waals surface area contributed by atoms with Crippen LogP contribution >= 0.6 is 15.9 Å². The van der Waals surface area contributed by atoms with Crippen LogP contribution in [0.5, 0.6) is 0 Å². The number of carbonyl (C=O) groups excluding carboxylic acids is 1. The molecule has 1 aliphatic rings.